The molecule has 0 aliphatic heterocycles. The summed E-state index contributed by atoms with van der Waals surface area (Å²) in [6.07, 6.45) is 8.53. The molecule has 3 aromatic carbocycles. The molecular formula is C27H25F3. The maximum absolute atomic E-state index is 14.6. The SMILES string of the molecule is Cc1ccc(-c2ccc(/C=C/c3ccc(C4CCCCC4)c(F)c3F)cc2)c(F)c1. The molecule has 1 saturated carbocycles. The Labute approximate surface area is 176 Å². The lowest BCUT2D eigenvalue weighted by Crippen LogP contribution is -2.08. The summed E-state index contributed by atoms with van der Waals surface area (Å²) in [5, 5.41) is 0. The maximum atomic E-state index is 14.6. The highest BCUT2D eigenvalue weighted by Gasteiger charge is 2.21. The van der Waals surface area contributed by atoms with Gasteiger partial charge in [-0.2, -0.15) is 0 Å². The monoisotopic (exact) mass is 406 g/mol. The van der Waals surface area contributed by atoms with Crippen LogP contribution in [0.2, 0.25) is 0 Å². The lowest BCUT2D eigenvalue weighted by atomic mass is 9.83. The van der Waals surface area contributed by atoms with Crippen LogP contribution in [0.5, 0.6) is 0 Å². The third-order valence-electron chi connectivity index (χ3n) is 5.99. The molecule has 0 aromatic heterocycles. The zero-order valence-corrected chi connectivity index (χ0v) is 17.1. The summed E-state index contributed by atoms with van der Waals surface area (Å²) in [6, 6.07) is 15.9. The largest absolute Gasteiger partial charge is 0.206 e. The molecule has 0 amide bonds. The molecule has 1 fully saturated rings. The number of hydrogen-bond acceptors (Lipinski definition) is 0. The molecular weight excluding hydrogens is 381 g/mol. The standard InChI is InChI=1S/C27H25F3/c1-18-7-15-23(25(28)17-18)21-11-8-19(9-12-21)10-13-22-14-16-24(27(30)26(22)29)20-5-3-2-4-6-20/h7-17,20H,2-6H2,1H3/b13-10+. The van der Waals surface area contributed by atoms with Crippen LogP contribution in [0.1, 0.15) is 60.3 Å². The van der Waals surface area contributed by atoms with Crippen molar-refractivity contribution in [3.05, 3.63) is 94.3 Å². The van der Waals surface area contributed by atoms with Gasteiger partial charge in [-0.1, -0.05) is 79.9 Å². The summed E-state index contributed by atoms with van der Waals surface area (Å²) in [5.74, 6) is -1.63. The van der Waals surface area contributed by atoms with E-state index in [-0.39, 0.29) is 17.3 Å². The summed E-state index contributed by atoms with van der Waals surface area (Å²) in [4.78, 5) is 0. The van der Waals surface area contributed by atoms with Crippen LogP contribution in [0.3, 0.4) is 0 Å². The van der Waals surface area contributed by atoms with Gasteiger partial charge in [-0.3, -0.25) is 0 Å². The van der Waals surface area contributed by atoms with E-state index in [0.29, 0.717) is 11.1 Å². The molecule has 30 heavy (non-hydrogen) atoms. The van der Waals surface area contributed by atoms with Gasteiger partial charge in [-0.05, 0) is 54.0 Å². The van der Waals surface area contributed by atoms with Crippen LogP contribution in [0.4, 0.5) is 13.2 Å². The fourth-order valence-electron chi connectivity index (χ4n) is 4.25. The molecule has 0 nitrogen and oxygen atoms in total. The van der Waals surface area contributed by atoms with E-state index >= 15 is 0 Å². The van der Waals surface area contributed by atoms with E-state index in [0.717, 1.165) is 42.4 Å². The van der Waals surface area contributed by atoms with E-state index in [1.807, 2.05) is 37.3 Å². The molecule has 0 radical (unpaired) electrons. The van der Waals surface area contributed by atoms with Crippen LogP contribution in [0, 0.1) is 24.4 Å². The molecule has 1 aliphatic carbocycles. The minimum Gasteiger partial charge on any atom is -0.206 e. The van der Waals surface area contributed by atoms with Crippen LogP contribution in [0.15, 0.2) is 54.6 Å². The van der Waals surface area contributed by atoms with Crippen molar-refractivity contribution in [2.24, 2.45) is 0 Å². The van der Waals surface area contributed by atoms with Gasteiger partial charge in [0, 0.05) is 11.1 Å². The average molecular weight is 406 g/mol. The Morgan fingerprint density at radius 2 is 1.50 bits per heavy atom. The first-order chi connectivity index (χ1) is 14.5. The quantitative estimate of drug-likeness (QED) is 0.382. The first-order valence-electron chi connectivity index (χ1n) is 10.6. The Morgan fingerprint density at radius 1 is 0.767 bits per heavy atom. The van der Waals surface area contributed by atoms with Gasteiger partial charge in [0.1, 0.15) is 5.82 Å². The van der Waals surface area contributed by atoms with Gasteiger partial charge in [-0.15, -0.1) is 0 Å². The first kappa shape index (κ1) is 20.5. The number of aryl methyl sites for hydroxylation is 1. The van der Waals surface area contributed by atoms with Gasteiger partial charge < -0.3 is 0 Å². The van der Waals surface area contributed by atoms with Crippen LogP contribution in [0.25, 0.3) is 23.3 Å². The molecule has 0 unspecified atom stereocenters. The Kier molecular flexibility index (Phi) is 6.08. The normalized spacial score (nSPS) is 15.1. The second kappa shape index (κ2) is 8.91. The van der Waals surface area contributed by atoms with Gasteiger partial charge in [0.25, 0.3) is 0 Å². The Morgan fingerprint density at radius 3 is 2.20 bits per heavy atom. The van der Waals surface area contributed by atoms with Crippen molar-refractivity contribution in [3.8, 4) is 11.1 Å². The number of hydrogen-bond donors (Lipinski definition) is 0. The highest BCUT2D eigenvalue weighted by molar-refractivity contribution is 5.72. The lowest BCUT2D eigenvalue weighted by molar-refractivity contribution is 0.417. The van der Waals surface area contributed by atoms with Crippen molar-refractivity contribution in [2.45, 2.75) is 44.9 Å². The Balaban J connectivity index is 1.53. The van der Waals surface area contributed by atoms with E-state index < -0.39 is 11.6 Å². The van der Waals surface area contributed by atoms with Gasteiger partial charge in [0.2, 0.25) is 0 Å². The van der Waals surface area contributed by atoms with E-state index in [4.69, 9.17) is 0 Å². The molecule has 0 atom stereocenters. The summed E-state index contributed by atoms with van der Waals surface area (Å²) in [6.45, 7) is 1.85. The highest BCUT2D eigenvalue weighted by atomic mass is 19.2. The topological polar surface area (TPSA) is 0 Å². The van der Waals surface area contributed by atoms with E-state index in [1.165, 1.54) is 12.5 Å². The highest BCUT2D eigenvalue weighted by Crippen LogP contribution is 2.35. The Bertz CT molecular complexity index is 1060. The molecule has 4 rings (SSSR count). The number of rotatable bonds is 4. The molecule has 0 saturated heterocycles. The molecule has 0 bridgehead atoms. The van der Waals surface area contributed by atoms with Crippen molar-refractivity contribution >= 4 is 12.2 Å². The van der Waals surface area contributed by atoms with Gasteiger partial charge in [0.05, 0.1) is 0 Å². The van der Waals surface area contributed by atoms with Crippen molar-refractivity contribution in [1.82, 2.24) is 0 Å². The predicted molar refractivity (Wildman–Crippen MR) is 118 cm³/mol. The first-order valence-corrected chi connectivity index (χ1v) is 10.6. The number of benzene rings is 3. The summed E-state index contributed by atoms with van der Waals surface area (Å²) in [7, 11) is 0. The summed E-state index contributed by atoms with van der Waals surface area (Å²) < 4.78 is 43.4. The summed E-state index contributed by atoms with van der Waals surface area (Å²) in [5.41, 5.74) is 3.78. The zero-order valence-electron chi connectivity index (χ0n) is 17.1. The van der Waals surface area contributed by atoms with E-state index in [2.05, 4.69) is 0 Å². The van der Waals surface area contributed by atoms with Gasteiger partial charge >= 0.3 is 0 Å². The molecule has 3 aromatic rings. The zero-order chi connectivity index (χ0) is 21.1. The van der Waals surface area contributed by atoms with Crippen molar-refractivity contribution in [3.63, 3.8) is 0 Å². The van der Waals surface area contributed by atoms with Crippen molar-refractivity contribution in [2.75, 3.05) is 0 Å². The average Bonchev–Trinajstić information content (AvgIpc) is 2.76. The number of halogens is 3. The molecule has 3 heteroatoms. The fourth-order valence-corrected chi connectivity index (χ4v) is 4.25. The molecule has 0 spiro atoms. The molecule has 1 aliphatic rings. The Hall–Kier alpha value is -2.81. The van der Waals surface area contributed by atoms with Crippen LogP contribution in [-0.2, 0) is 0 Å². The predicted octanol–water partition coefficient (Wildman–Crippen LogP) is 8.30. The van der Waals surface area contributed by atoms with Gasteiger partial charge in [0.15, 0.2) is 11.6 Å². The fraction of sp³-hybridized carbons (Fsp3) is 0.259. The third kappa shape index (κ3) is 4.35. The van der Waals surface area contributed by atoms with E-state index in [1.54, 1.807) is 30.4 Å². The van der Waals surface area contributed by atoms with Gasteiger partial charge in [-0.25, -0.2) is 13.2 Å². The van der Waals surface area contributed by atoms with E-state index in [9.17, 15) is 13.2 Å². The minimum atomic E-state index is -0.785. The van der Waals surface area contributed by atoms with Crippen molar-refractivity contribution in [1.29, 1.82) is 0 Å². The molecule has 154 valence electrons. The maximum Gasteiger partial charge on any atom is 0.166 e. The smallest absolute Gasteiger partial charge is 0.166 e. The van der Waals surface area contributed by atoms with Crippen molar-refractivity contribution < 1.29 is 13.2 Å². The third-order valence-corrected chi connectivity index (χ3v) is 5.99. The molecule has 0 N–H and O–H groups in total. The molecule has 0 heterocycles. The lowest BCUT2D eigenvalue weighted by Gasteiger charge is -2.22. The summed E-state index contributed by atoms with van der Waals surface area (Å²) >= 11 is 0. The second-order valence-electron chi connectivity index (χ2n) is 8.15. The van der Waals surface area contributed by atoms with Crippen LogP contribution < -0.4 is 0 Å². The van der Waals surface area contributed by atoms with Crippen LogP contribution in [-0.4, -0.2) is 0 Å². The second-order valence-corrected chi connectivity index (χ2v) is 8.15. The van der Waals surface area contributed by atoms with Crippen LogP contribution >= 0.6 is 0 Å². The minimum absolute atomic E-state index is 0.126.